The normalized spacial score (nSPS) is 10.0. The molecule has 0 saturated carbocycles. The van der Waals surface area contributed by atoms with Crippen LogP contribution in [0.2, 0.25) is 0 Å². The molecule has 1 heterocycles. The van der Waals surface area contributed by atoms with Crippen LogP contribution in [-0.2, 0) is 16.0 Å². The largest absolute Gasteiger partial charge is 0.481 e. The van der Waals surface area contributed by atoms with Gasteiger partial charge in [-0.3, -0.25) is 9.59 Å². The van der Waals surface area contributed by atoms with Crippen LogP contribution in [0.15, 0.2) is 17.5 Å². The van der Waals surface area contributed by atoms with E-state index in [-0.39, 0.29) is 11.7 Å². The first kappa shape index (κ1) is 13.1. The molecule has 1 aromatic rings. The van der Waals surface area contributed by atoms with Gasteiger partial charge in [0.2, 0.25) is 5.91 Å². The van der Waals surface area contributed by atoms with Crippen molar-refractivity contribution in [2.45, 2.75) is 6.42 Å². The smallest absolute Gasteiger partial charge is 0.313 e. The number of thiophene rings is 1. The monoisotopic (exact) mass is 259 g/mol. The summed E-state index contributed by atoms with van der Waals surface area (Å²) in [6.07, 6.45) is 0.404. The highest BCUT2D eigenvalue weighted by Crippen LogP contribution is 2.08. The lowest BCUT2D eigenvalue weighted by atomic mass is 10.3. The van der Waals surface area contributed by atoms with Gasteiger partial charge in [0.15, 0.2) is 0 Å². The van der Waals surface area contributed by atoms with Crippen LogP contribution in [-0.4, -0.2) is 35.0 Å². The van der Waals surface area contributed by atoms with E-state index in [1.807, 2.05) is 17.5 Å². The average molecular weight is 259 g/mol. The molecule has 0 fully saturated rings. The zero-order chi connectivity index (χ0) is 11.8. The maximum Gasteiger partial charge on any atom is 0.313 e. The van der Waals surface area contributed by atoms with Crippen molar-refractivity contribution in [1.82, 2.24) is 5.32 Å². The number of hydrogen-bond donors (Lipinski definition) is 2. The third kappa shape index (κ3) is 5.77. The highest BCUT2D eigenvalue weighted by molar-refractivity contribution is 7.99. The molecule has 0 atom stereocenters. The molecule has 0 bridgehead atoms. The molecule has 16 heavy (non-hydrogen) atoms. The molecule has 0 spiro atoms. The van der Waals surface area contributed by atoms with Crippen LogP contribution in [0.5, 0.6) is 0 Å². The maximum absolute atomic E-state index is 11.4. The van der Waals surface area contributed by atoms with Gasteiger partial charge in [0.05, 0.1) is 12.2 Å². The van der Waals surface area contributed by atoms with Crippen LogP contribution < -0.4 is 5.32 Å². The van der Waals surface area contributed by atoms with E-state index in [1.165, 1.54) is 11.8 Å². The minimum Gasteiger partial charge on any atom is -0.481 e. The summed E-state index contributed by atoms with van der Waals surface area (Å²) in [4.78, 5) is 22.6. The quantitative estimate of drug-likeness (QED) is 0.723. The number of carboxylic acids is 1. The van der Waals surface area contributed by atoms with Crippen molar-refractivity contribution >= 4 is 35.0 Å². The molecular formula is C10H13NO3S2. The average Bonchev–Trinajstić information content (AvgIpc) is 2.69. The van der Waals surface area contributed by atoms with Crippen molar-refractivity contribution < 1.29 is 14.7 Å². The van der Waals surface area contributed by atoms with Gasteiger partial charge in [-0.15, -0.1) is 23.1 Å². The first-order valence-corrected chi connectivity index (χ1v) is 6.80. The van der Waals surface area contributed by atoms with Crippen LogP contribution in [0.1, 0.15) is 4.88 Å². The summed E-state index contributed by atoms with van der Waals surface area (Å²) in [6.45, 7) is 0.516. The number of thioether (sulfide) groups is 1. The lowest BCUT2D eigenvalue weighted by Crippen LogP contribution is -2.27. The number of amides is 1. The second-order valence-corrected chi connectivity index (χ2v) is 5.19. The molecule has 2 N–H and O–H groups in total. The third-order valence-corrected chi connectivity index (χ3v) is 3.53. The highest BCUT2D eigenvalue weighted by atomic mass is 32.2. The van der Waals surface area contributed by atoms with E-state index >= 15 is 0 Å². The van der Waals surface area contributed by atoms with Gasteiger partial charge in [0.25, 0.3) is 0 Å². The number of nitrogens with one attached hydrogen (secondary N) is 1. The van der Waals surface area contributed by atoms with Crippen molar-refractivity contribution in [1.29, 1.82) is 0 Å². The first-order chi connectivity index (χ1) is 7.68. The second-order valence-electron chi connectivity index (χ2n) is 3.05. The fourth-order valence-corrected chi connectivity index (χ4v) is 2.32. The van der Waals surface area contributed by atoms with Crippen LogP contribution in [0.3, 0.4) is 0 Å². The zero-order valence-electron chi connectivity index (χ0n) is 8.64. The molecule has 0 radical (unpaired) electrons. The van der Waals surface area contributed by atoms with Gasteiger partial charge in [-0.05, 0) is 11.4 Å². The molecule has 0 aliphatic rings. The molecule has 1 rings (SSSR count). The van der Waals surface area contributed by atoms with Crippen LogP contribution >= 0.6 is 23.1 Å². The second kappa shape index (κ2) is 7.29. The molecule has 88 valence electrons. The summed E-state index contributed by atoms with van der Waals surface area (Å²) in [6, 6.07) is 3.83. The molecule has 6 heteroatoms. The van der Waals surface area contributed by atoms with Gasteiger partial charge in [-0.25, -0.2) is 0 Å². The van der Waals surface area contributed by atoms with Crippen molar-refractivity contribution in [2.24, 2.45) is 0 Å². The van der Waals surface area contributed by atoms with Gasteiger partial charge in [-0.1, -0.05) is 6.07 Å². The van der Waals surface area contributed by atoms with Crippen molar-refractivity contribution in [2.75, 3.05) is 18.1 Å². The van der Waals surface area contributed by atoms with Crippen LogP contribution in [0.25, 0.3) is 0 Å². The fourth-order valence-electron chi connectivity index (χ4n) is 1.06. The molecule has 0 unspecified atom stereocenters. The predicted octanol–water partition coefficient (Wildman–Crippen LogP) is 1.22. The Morgan fingerprint density at radius 1 is 1.50 bits per heavy atom. The minimum absolute atomic E-state index is 0.0154. The van der Waals surface area contributed by atoms with Gasteiger partial charge < -0.3 is 10.4 Å². The predicted molar refractivity (Wildman–Crippen MR) is 66.0 cm³/mol. The number of carbonyl (C=O) groups excluding carboxylic acids is 1. The Kier molecular flexibility index (Phi) is 5.95. The lowest BCUT2D eigenvalue weighted by Gasteiger charge is -2.02. The molecule has 1 amide bonds. The van der Waals surface area contributed by atoms with Gasteiger partial charge >= 0.3 is 5.97 Å². The summed E-state index contributed by atoms with van der Waals surface area (Å²) >= 11 is 2.85. The first-order valence-electron chi connectivity index (χ1n) is 4.77. The van der Waals surface area contributed by atoms with Gasteiger partial charge in [0.1, 0.15) is 0 Å². The molecule has 0 aliphatic carbocycles. The van der Waals surface area contributed by atoms with Crippen LogP contribution in [0.4, 0.5) is 0 Å². The Hall–Kier alpha value is -1.01. The Labute approximate surface area is 102 Å². The maximum atomic E-state index is 11.4. The molecule has 0 aliphatic heterocycles. The van der Waals surface area contributed by atoms with E-state index in [2.05, 4.69) is 5.32 Å². The lowest BCUT2D eigenvalue weighted by molar-refractivity contribution is -0.133. The summed E-state index contributed by atoms with van der Waals surface area (Å²) in [5.41, 5.74) is 0. The minimum atomic E-state index is -0.824. The Bertz CT molecular complexity index is 338. The number of rotatable bonds is 7. The third-order valence-electron chi connectivity index (χ3n) is 1.71. The standard InChI is InChI=1S/C10H13NO3S2/c12-9(6-8-2-1-4-16-8)11-3-5-15-7-10(13)14/h1-2,4H,3,5-7H2,(H,11,12)(H,13,14). The fraction of sp³-hybridized carbons (Fsp3) is 0.400. The SMILES string of the molecule is O=C(O)CSCCNC(=O)Cc1cccs1. The Morgan fingerprint density at radius 2 is 2.31 bits per heavy atom. The Balaban J connectivity index is 2.05. The van der Waals surface area contributed by atoms with Crippen molar-refractivity contribution in [3.05, 3.63) is 22.4 Å². The van der Waals surface area contributed by atoms with Gasteiger partial charge in [-0.2, -0.15) is 0 Å². The molecule has 4 nitrogen and oxygen atoms in total. The summed E-state index contributed by atoms with van der Waals surface area (Å²) in [5, 5.41) is 13.1. The van der Waals surface area contributed by atoms with E-state index in [4.69, 9.17) is 5.11 Å². The van der Waals surface area contributed by atoms with Gasteiger partial charge in [0, 0.05) is 17.2 Å². The molecule has 0 saturated heterocycles. The summed E-state index contributed by atoms with van der Waals surface area (Å²) in [5.74, 6) is -0.128. The van der Waals surface area contributed by atoms with Crippen molar-refractivity contribution in [3.63, 3.8) is 0 Å². The molecule has 0 aromatic carbocycles. The number of aliphatic carboxylic acids is 1. The summed E-state index contributed by atoms with van der Waals surface area (Å²) < 4.78 is 0. The van der Waals surface area contributed by atoms with E-state index in [0.29, 0.717) is 18.7 Å². The van der Waals surface area contributed by atoms with E-state index in [0.717, 1.165) is 4.88 Å². The van der Waals surface area contributed by atoms with Crippen LogP contribution in [0, 0.1) is 0 Å². The van der Waals surface area contributed by atoms with E-state index in [9.17, 15) is 9.59 Å². The Morgan fingerprint density at radius 3 is 2.94 bits per heavy atom. The zero-order valence-corrected chi connectivity index (χ0v) is 10.3. The van der Waals surface area contributed by atoms with Crippen molar-refractivity contribution in [3.8, 4) is 0 Å². The van der Waals surface area contributed by atoms with E-state index < -0.39 is 5.97 Å². The topological polar surface area (TPSA) is 66.4 Å². The molecular weight excluding hydrogens is 246 g/mol. The van der Waals surface area contributed by atoms with E-state index in [1.54, 1.807) is 11.3 Å². The number of carboxylic acid groups (broad SMARTS) is 1. The number of hydrogen-bond acceptors (Lipinski definition) is 4. The highest BCUT2D eigenvalue weighted by Gasteiger charge is 2.03. The number of carbonyl (C=O) groups is 2. The molecule has 1 aromatic heterocycles. The summed E-state index contributed by atoms with van der Waals surface area (Å²) in [7, 11) is 0.